The van der Waals surface area contributed by atoms with Crippen molar-refractivity contribution in [1.29, 1.82) is 0 Å². The molecular weight excluding hydrogens is 348 g/mol. The van der Waals surface area contributed by atoms with Crippen molar-refractivity contribution >= 4 is 11.8 Å². The van der Waals surface area contributed by atoms with E-state index in [0.717, 1.165) is 11.8 Å². The molecule has 0 amide bonds. The molecule has 0 aromatic heterocycles. The SMILES string of the molecule is O=[N+]([O-])C(O)(CSCC(O)(c1ccccc1)[N+](=O)[O-])c1ccccc1. The third-order valence-corrected chi connectivity index (χ3v) is 4.90. The molecule has 2 unspecified atom stereocenters. The van der Waals surface area contributed by atoms with Gasteiger partial charge < -0.3 is 10.2 Å². The van der Waals surface area contributed by atoms with Gasteiger partial charge in [-0.25, -0.2) is 0 Å². The Bertz CT molecular complexity index is 681. The van der Waals surface area contributed by atoms with Gasteiger partial charge in [-0.3, -0.25) is 20.2 Å². The zero-order valence-corrected chi connectivity index (χ0v) is 13.8. The fraction of sp³-hybridized carbons (Fsp3) is 0.250. The van der Waals surface area contributed by atoms with E-state index in [1.807, 2.05) is 0 Å². The smallest absolute Gasteiger partial charge is 0.326 e. The number of benzene rings is 2. The lowest BCUT2D eigenvalue weighted by Crippen LogP contribution is -2.41. The zero-order chi connectivity index (χ0) is 18.5. The Hall–Kier alpha value is -2.49. The second-order valence-corrected chi connectivity index (χ2v) is 6.36. The van der Waals surface area contributed by atoms with Crippen LogP contribution in [0, 0.1) is 20.2 Å². The first-order valence-electron chi connectivity index (χ1n) is 7.23. The van der Waals surface area contributed by atoms with Gasteiger partial charge in [0.05, 0.1) is 32.5 Å². The van der Waals surface area contributed by atoms with Crippen LogP contribution in [-0.2, 0) is 11.4 Å². The molecule has 2 atom stereocenters. The van der Waals surface area contributed by atoms with Crippen molar-refractivity contribution in [2.24, 2.45) is 0 Å². The number of nitro groups is 2. The topological polar surface area (TPSA) is 127 Å². The van der Waals surface area contributed by atoms with Crippen LogP contribution in [0.5, 0.6) is 0 Å². The predicted molar refractivity (Wildman–Crippen MR) is 92.0 cm³/mol. The van der Waals surface area contributed by atoms with E-state index in [1.54, 1.807) is 36.4 Å². The molecule has 2 aromatic carbocycles. The Kier molecular flexibility index (Phi) is 5.73. The monoisotopic (exact) mass is 364 g/mol. The summed E-state index contributed by atoms with van der Waals surface area (Å²) in [5.41, 5.74) is -4.67. The zero-order valence-electron chi connectivity index (χ0n) is 13.0. The van der Waals surface area contributed by atoms with Gasteiger partial charge in [-0.05, 0) is 24.3 Å². The van der Waals surface area contributed by atoms with Crippen molar-refractivity contribution in [3.8, 4) is 0 Å². The number of nitrogens with zero attached hydrogens (tertiary/aromatic N) is 2. The highest BCUT2D eigenvalue weighted by Gasteiger charge is 2.47. The second-order valence-electron chi connectivity index (χ2n) is 5.37. The molecule has 0 radical (unpaired) electrons. The van der Waals surface area contributed by atoms with E-state index in [9.17, 15) is 30.4 Å². The summed E-state index contributed by atoms with van der Waals surface area (Å²) in [6, 6.07) is 15.1. The summed E-state index contributed by atoms with van der Waals surface area (Å²) >= 11 is 0.730. The molecule has 25 heavy (non-hydrogen) atoms. The van der Waals surface area contributed by atoms with Crippen molar-refractivity contribution in [2.45, 2.75) is 11.4 Å². The van der Waals surface area contributed by atoms with Gasteiger partial charge in [-0.2, -0.15) is 0 Å². The van der Waals surface area contributed by atoms with E-state index in [1.165, 1.54) is 24.3 Å². The average Bonchev–Trinajstić information content (AvgIpc) is 2.62. The number of hydrogen-bond donors (Lipinski definition) is 2. The molecule has 8 nitrogen and oxygen atoms in total. The summed E-state index contributed by atoms with van der Waals surface area (Å²) in [5.74, 6) is -0.903. The minimum atomic E-state index is -2.40. The van der Waals surface area contributed by atoms with E-state index >= 15 is 0 Å². The van der Waals surface area contributed by atoms with Crippen molar-refractivity contribution in [1.82, 2.24) is 0 Å². The Morgan fingerprint density at radius 1 is 0.760 bits per heavy atom. The maximum absolute atomic E-state index is 11.3. The van der Waals surface area contributed by atoms with E-state index in [4.69, 9.17) is 0 Å². The van der Waals surface area contributed by atoms with Crippen LogP contribution >= 0.6 is 11.8 Å². The molecule has 0 spiro atoms. The van der Waals surface area contributed by atoms with Crippen LogP contribution < -0.4 is 0 Å². The molecule has 2 rings (SSSR count). The summed E-state index contributed by atoms with van der Waals surface area (Å²) in [5, 5.41) is 43.4. The van der Waals surface area contributed by atoms with Gasteiger partial charge in [0.15, 0.2) is 0 Å². The molecule has 0 aliphatic rings. The Morgan fingerprint density at radius 2 is 1.08 bits per heavy atom. The first kappa shape index (κ1) is 18.8. The first-order chi connectivity index (χ1) is 11.8. The van der Waals surface area contributed by atoms with Gasteiger partial charge in [0.2, 0.25) is 0 Å². The molecule has 0 heterocycles. The summed E-state index contributed by atoms with van der Waals surface area (Å²) in [4.78, 5) is 21.0. The lowest BCUT2D eigenvalue weighted by atomic mass is 10.1. The van der Waals surface area contributed by atoms with Crippen LogP contribution in [0.1, 0.15) is 11.1 Å². The van der Waals surface area contributed by atoms with Crippen LogP contribution in [0.15, 0.2) is 60.7 Å². The van der Waals surface area contributed by atoms with Gasteiger partial charge in [0.25, 0.3) is 0 Å². The van der Waals surface area contributed by atoms with Crippen LogP contribution in [0.4, 0.5) is 0 Å². The number of hydrogen-bond acceptors (Lipinski definition) is 7. The summed E-state index contributed by atoms with van der Waals surface area (Å²) < 4.78 is 0. The fourth-order valence-electron chi connectivity index (χ4n) is 2.23. The minimum absolute atomic E-state index is 0.0665. The van der Waals surface area contributed by atoms with Gasteiger partial charge in [-0.1, -0.05) is 36.4 Å². The standard InChI is InChI=1S/C16H16N2O6S/c19-15(17(21)22,13-7-3-1-4-8-13)11-25-12-16(20,18(23)24)14-9-5-2-6-10-14/h1-10,19-20H,11-12H2. The van der Waals surface area contributed by atoms with Gasteiger partial charge in [0.1, 0.15) is 0 Å². The molecule has 9 heteroatoms. The van der Waals surface area contributed by atoms with Gasteiger partial charge >= 0.3 is 11.4 Å². The second kappa shape index (κ2) is 7.60. The summed E-state index contributed by atoms with van der Waals surface area (Å²) in [6.45, 7) is 0. The highest BCUT2D eigenvalue weighted by atomic mass is 32.2. The highest BCUT2D eigenvalue weighted by Crippen LogP contribution is 2.31. The largest absolute Gasteiger partial charge is 0.358 e. The highest BCUT2D eigenvalue weighted by molar-refractivity contribution is 7.99. The maximum atomic E-state index is 11.3. The first-order valence-corrected chi connectivity index (χ1v) is 8.39. The van der Waals surface area contributed by atoms with Crippen molar-refractivity contribution in [3.63, 3.8) is 0 Å². The molecule has 2 aromatic rings. The van der Waals surface area contributed by atoms with E-state index < -0.39 is 32.8 Å². The lowest BCUT2D eigenvalue weighted by Gasteiger charge is -2.22. The average molecular weight is 364 g/mol. The third-order valence-electron chi connectivity index (χ3n) is 3.68. The van der Waals surface area contributed by atoms with Crippen molar-refractivity contribution in [3.05, 3.63) is 92.0 Å². The quantitative estimate of drug-likeness (QED) is 0.416. The normalized spacial score (nSPS) is 15.8. The summed E-state index contributed by atoms with van der Waals surface area (Å²) in [6.07, 6.45) is 0. The van der Waals surface area contributed by atoms with Crippen molar-refractivity contribution in [2.75, 3.05) is 11.5 Å². The molecule has 2 N–H and O–H groups in total. The van der Waals surface area contributed by atoms with E-state index in [2.05, 4.69) is 0 Å². The van der Waals surface area contributed by atoms with Gasteiger partial charge in [0, 0.05) is 0 Å². The fourth-order valence-corrected chi connectivity index (χ4v) is 3.44. The predicted octanol–water partition coefficient (Wildman–Crippen LogP) is 1.96. The molecule has 0 bridgehead atoms. The van der Waals surface area contributed by atoms with Crippen molar-refractivity contribution < 1.29 is 20.1 Å². The number of thioether (sulfide) groups is 1. The molecule has 0 fully saturated rings. The molecular formula is C16H16N2O6S. The Balaban J connectivity index is 2.18. The molecule has 0 aliphatic heterocycles. The minimum Gasteiger partial charge on any atom is -0.326 e. The summed E-state index contributed by atoms with van der Waals surface area (Å²) in [7, 11) is 0. The molecule has 132 valence electrons. The van der Waals surface area contributed by atoms with E-state index in [0.29, 0.717) is 0 Å². The van der Waals surface area contributed by atoms with Crippen LogP contribution in [0.25, 0.3) is 0 Å². The van der Waals surface area contributed by atoms with Crippen LogP contribution in [0.2, 0.25) is 0 Å². The van der Waals surface area contributed by atoms with Crippen LogP contribution in [-0.4, -0.2) is 31.6 Å². The molecule has 0 aliphatic carbocycles. The van der Waals surface area contributed by atoms with Gasteiger partial charge in [-0.15, -0.1) is 11.8 Å². The lowest BCUT2D eigenvalue weighted by molar-refractivity contribution is -0.630. The maximum Gasteiger partial charge on any atom is 0.358 e. The number of aliphatic hydroxyl groups is 2. The third kappa shape index (κ3) is 3.95. The Labute approximate surface area is 147 Å². The Morgan fingerprint density at radius 3 is 1.36 bits per heavy atom. The number of rotatable bonds is 8. The van der Waals surface area contributed by atoms with E-state index in [-0.39, 0.29) is 11.1 Å². The molecule has 0 saturated carbocycles. The van der Waals surface area contributed by atoms with Crippen LogP contribution in [0.3, 0.4) is 0 Å². The molecule has 0 saturated heterocycles.